The number of nitrogens with one attached hydrogen (secondary N) is 2. The number of carbonyl (C=O) groups excluding carboxylic acids is 1. The number of fused-ring (bicyclic) bond motifs is 1. The number of rotatable bonds is 4. The van der Waals surface area contributed by atoms with E-state index in [2.05, 4.69) is 10.6 Å². The van der Waals surface area contributed by atoms with Gasteiger partial charge in [-0.15, -0.1) is 0 Å². The lowest BCUT2D eigenvalue weighted by Crippen LogP contribution is -2.49. The molecule has 1 unspecified atom stereocenters. The van der Waals surface area contributed by atoms with Gasteiger partial charge in [0.05, 0.1) is 10.9 Å². The van der Waals surface area contributed by atoms with Crippen LogP contribution < -0.4 is 21.0 Å². The summed E-state index contributed by atoms with van der Waals surface area (Å²) >= 11 is 0. The van der Waals surface area contributed by atoms with E-state index in [9.17, 15) is 9.59 Å². The summed E-state index contributed by atoms with van der Waals surface area (Å²) in [6, 6.07) is 9.83. The predicted molar refractivity (Wildman–Crippen MR) is 118 cm³/mol. The highest BCUT2D eigenvalue weighted by Gasteiger charge is 2.27. The molecule has 0 saturated carbocycles. The van der Waals surface area contributed by atoms with Crippen LogP contribution in [0, 0.1) is 11.6 Å². The predicted octanol–water partition coefficient (Wildman–Crippen LogP) is 3.35. The van der Waals surface area contributed by atoms with Crippen LogP contribution in [0.5, 0.6) is 0 Å². The fourth-order valence-corrected chi connectivity index (χ4v) is 4.03. The molecule has 0 bridgehead atoms. The van der Waals surface area contributed by atoms with E-state index in [1.54, 1.807) is 42.2 Å². The van der Waals surface area contributed by atoms with Gasteiger partial charge in [-0.25, -0.2) is 8.78 Å². The lowest BCUT2D eigenvalue weighted by Gasteiger charge is -2.34. The number of pyridine rings is 1. The van der Waals surface area contributed by atoms with E-state index in [-0.39, 0.29) is 28.2 Å². The first kappa shape index (κ1) is 21.0. The Kier molecular flexibility index (Phi) is 5.73. The van der Waals surface area contributed by atoms with Crippen molar-refractivity contribution in [2.45, 2.75) is 26.4 Å². The third-order valence-electron chi connectivity index (χ3n) is 5.53. The van der Waals surface area contributed by atoms with Crippen LogP contribution in [0.15, 0.2) is 47.4 Å². The Bertz CT molecular complexity index is 1190. The number of para-hydroxylation sites is 1. The average molecular weight is 426 g/mol. The largest absolute Gasteiger partial charge is 0.364 e. The number of hydrogen-bond donors (Lipinski definition) is 2. The van der Waals surface area contributed by atoms with E-state index in [0.717, 1.165) is 6.07 Å². The SMILES string of the molecule is CCn1cc(C(=O)Nc2ccccc2)c(=O)c2cc(F)c(N3CCNC(C)C3)c(F)c21. The van der Waals surface area contributed by atoms with Crippen molar-refractivity contribution in [1.29, 1.82) is 0 Å². The van der Waals surface area contributed by atoms with E-state index < -0.39 is 23.0 Å². The third kappa shape index (κ3) is 3.90. The Morgan fingerprint density at radius 1 is 1.26 bits per heavy atom. The molecule has 0 radical (unpaired) electrons. The van der Waals surface area contributed by atoms with Gasteiger partial charge < -0.3 is 20.1 Å². The van der Waals surface area contributed by atoms with E-state index in [1.807, 2.05) is 6.92 Å². The van der Waals surface area contributed by atoms with Crippen LogP contribution in [0.3, 0.4) is 0 Å². The van der Waals surface area contributed by atoms with Gasteiger partial charge in [0, 0.05) is 44.1 Å². The molecule has 2 N–H and O–H groups in total. The maximum absolute atomic E-state index is 15.6. The van der Waals surface area contributed by atoms with Gasteiger partial charge in [-0.2, -0.15) is 0 Å². The monoisotopic (exact) mass is 426 g/mol. The number of aromatic nitrogens is 1. The molecular formula is C23H24F2N4O2. The maximum atomic E-state index is 15.6. The topological polar surface area (TPSA) is 66.4 Å². The molecular weight excluding hydrogens is 402 g/mol. The Morgan fingerprint density at radius 2 is 2.00 bits per heavy atom. The van der Waals surface area contributed by atoms with Crippen LogP contribution in [0.4, 0.5) is 20.2 Å². The van der Waals surface area contributed by atoms with E-state index in [0.29, 0.717) is 31.9 Å². The minimum atomic E-state index is -0.806. The highest BCUT2D eigenvalue weighted by atomic mass is 19.1. The number of aryl methyl sites for hydroxylation is 1. The smallest absolute Gasteiger partial charge is 0.261 e. The molecule has 6 nitrogen and oxygen atoms in total. The van der Waals surface area contributed by atoms with Crippen molar-refractivity contribution < 1.29 is 13.6 Å². The Labute approximate surface area is 178 Å². The molecule has 8 heteroatoms. The first-order valence-electron chi connectivity index (χ1n) is 10.3. The Balaban J connectivity index is 1.84. The van der Waals surface area contributed by atoms with Crippen molar-refractivity contribution in [2.75, 3.05) is 29.9 Å². The zero-order chi connectivity index (χ0) is 22.1. The minimum absolute atomic E-state index is 0.00588. The number of amides is 1. The van der Waals surface area contributed by atoms with Gasteiger partial charge in [0.15, 0.2) is 5.82 Å². The maximum Gasteiger partial charge on any atom is 0.261 e. The van der Waals surface area contributed by atoms with E-state index >= 15 is 8.78 Å². The van der Waals surface area contributed by atoms with Gasteiger partial charge >= 0.3 is 0 Å². The molecule has 31 heavy (non-hydrogen) atoms. The summed E-state index contributed by atoms with van der Waals surface area (Å²) < 4.78 is 32.1. The van der Waals surface area contributed by atoms with Crippen molar-refractivity contribution in [2.24, 2.45) is 0 Å². The first-order valence-corrected chi connectivity index (χ1v) is 10.3. The van der Waals surface area contributed by atoms with Gasteiger partial charge in [0.1, 0.15) is 17.1 Å². The number of hydrogen-bond acceptors (Lipinski definition) is 4. The number of benzene rings is 2. The summed E-state index contributed by atoms with van der Waals surface area (Å²) in [5, 5.41) is 5.75. The molecule has 1 atom stereocenters. The summed E-state index contributed by atoms with van der Waals surface area (Å²) in [5.41, 5.74) is -0.474. The minimum Gasteiger partial charge on any atom is -0.364 e. The standard InChI is InChI=1S/C23H24F2N4O2/c1-3-28-13-17(23(31)27-15-7-5-4-6-8-15)22(30)16-11-18(24)21(19(25)20(16)28)29-10-9-26-14(2)12-29/h4-8,11,13-14,26H,3,9-10,12H2,1-2H3,(H,27,31). The number of nitrogens with zero attached hydrogens (tertiary/aromatic N) is 2. The molecule has 1 aliphatic heterocycles. The first-order chi connectivity index (χ1) is 14.9. The summed E-state index contributed by atoms with van der Waals surface area (Å²) in [7, 11) is 0. The van der Waals surface area contributed by atoms with E-state index in [4.69, 9.17) is 0 Å². The molecule has 162 valence electrons. The molecule has 1 aromatic heterocycles. The van der Waals surface area contributed by atoms with Crippen LogP contribution in [0.25, 0.3) is 10.9 Å². The summed E-state index contributed by atoms with van der Waals surface area (Å²) in [6.45, 7) is 5.55. The highest BCUT2D eigenvalue weighted by molar-refractivity contribution is 6.06. The molecule has 2 heterocycles. The van der Waals surface area contributed by atoms with Crippen LogP contribution in [-0.2, 0) is 6.54 Å². The number of piperazine rings is 1. The molecule has 4 rings (SSSR count). The molecule has 1 amide bonds. The quantitative estimate of drug-likeness (QED) is 0.672. The second-order valence-electron chi connectivity index (χ2n) is 7.70. The lowest BCUT2D eigenvalue weighted by atomic mass is 10.1. The lowest BCUT2D eigenvalue weighted by molar-refractivity contribution is 0.102. The number of halogens is 2. The van der Waals surface area contributed by atoms with Crippen LogP contribution in [0.1, 0.15) is 24.2 Å². The summed E-state index contributed by atoms with van der Waals surface area (Å²) in [6.07, 6.45) is 1.34. The normalized spacial score (nSPS) is 16.5. The number of carbonyl (C=O) groups is 1. The zero-order valence-corrected chi connectivity index (χ0v) is 17.4. The van der Waals surface area contributed by atoms with E-state index in [1.165, 1.54) is 10.8 Å². The van der Waals surface area contributed by atoms with Crippen molar-refractivity contribution in [3.8, 4) is 0 Å². The van der Waals surface area contributed by atoms with Crippen LogP contribution in [-0.4, -0.2) is 36.2 Å². The molecule has 2 aromatic carbocycles. The van der Waals surface area contributed by atoms with Crippen molar-refractivity contribution in [1.82, 2.24) is 9.88 Å². The molecule has 1 saturated heterocycles. The Morgan fingerprint density at radius 3 is 2.68 bits per heavy atom. The van der Waals surface area contributed by atoms with Crippen molar-refractivity contribution in [3.05, 3.63) is 70.0 Å². The van der Waals surface area contributed by atoms with Crippen molar-refractivity contribution >= 4 is 28.2 Å². The fourth-order valence-electron chi connectivity index (χ4n) is 4.03. The summed E-state index contributed by atoms with van der Waals surface area (Å²) in [5.74, 6) is -2.21. The highest BCUT2D eigenvalue weighted by Crippen LogP contribution is 2.30. The summed E-state index contributed by atoms with van der Waals surface area (Å²) in [4.78, 5) is 27.4. The van der Waals surface area contributed by atoms with Crippen LogP contribution in [0.2, 0.25) is 0 Å². The molecule has 0 aliphatic carbocycles. The molecule has 0 spiro atoms. The molecule has 1 aliphatic rings. The van der Waals surface area contributed by atoms with Gasteiger partial charge in [-0.3, -0.25) is 9.59 Å². The molecule has 1 fully saturated rings. The van der Waals surface area contributed by atoms with Gasteiger partial charge in [0.25, 0.3) is 5.91 Å². The van der Waals surface area contributed by atoms with Crippen molar-refractivity contribution in [3.63, 3.8) is 0 Å². The Hall–Kier alpha value is -3.26. The second kappa shape index (κ2) is 8.47. The van der Waals surface area contributed by atoms with Gasteiger partial charge in [-0.1, -0.05) is 18.2 Å². The fraction of sp³-hybridized carbons (Fsp3) is 0.304. The zero-order valence-electron chi connectivity index (χ0n) is 17.4. The average Bonchev–Trinajstić information content (AvgIpc) is 2.75. The second-order valence-corrected chi connectivity index (χ2v) is 7.70. The third-order valence-corrected chi connectivity index (χ3v) is 5.53. The molecule has 3 aromatic rings. The van der Waals surface area contributed by atoms with Crippen LogP contribution >= 0.6 is 0 Å². The van der Waals surface area contributed by atoms with Gasteiger partial charge in [-0.05, 0) is 32.0 Å². The number of anilines is 2. The van der Waals surface area contributed by atoms with Gasteiger partial charge in [0.2, 0.25) is 5.43 Å².